The van der Waals surface area contributed by atoms with Crippen LogP contribution in [0.5, 0.6) is 5.75 Å². The zero-order valence-electron chi connectivity index (χ0n) is 25.1. The summed E-state index contributed by atoms with van der Waals surface area (Å²) in [6, 6.07) is 37.0. The van der Waals surface area contributed by atoms with Gasteiger partial charge in [0.1, 0.15) is 16.7 Å². The zero-order valence-corrected chi connectivity index (χ0v) is 27.4. The lowest BCUT2D eigenvalue weighted by atomic mass is 10.1. The van der Waals surface area contributed by atoms with E-state index in [1.165, 1.54) is 18.9 Å². The summed E-state index contributed by atoms with van der Waals surface area (Å²) in [6.45, 7) is 0. The van der Waals surface area contributed by atoms with Crippen LogP contribution in [0.4, 0.5) is 11.4 Å². The van der Waals surface area contributed by atoms with Crippen LogP contribution in [0.1, 0.15) is 26.7 Å². The molecule has 236 valence electrons. The molecule has 0 aliphatic rings. The van der Waals surface area contributed by atoms with E-state index in [1.807, 2.05) is 36.4 Å². The summed E-state index contributed by atoms with van der Waals surface area (Å²) in [5, 5.41) is 8.91. The number of ether oxygens (including phenoxy) is 1. The second-order valence-electron chi connectivity index (χ2n) is 10.2. The summed E-state index contributed by atoms with van der Waals surface area (Å²) in [7, 11) is 1.52. The summed E-state index contributed by atoms with van der Waals surface area (Å²) in [5.74, 6) is -0.769. The number of anilines is 2. The number of nitrogens with one attached hydrogen (secondary N) is 3. The molecule has 0 aliphatic heterocycles. The summed E-state index contributed by atoms with van der Waals surface area (Å²) in [6.07, 6.45) is 1.57. The van der Waals surface area contributed by atoms with Gasteiger partial charge >= 0.3 is 0 Å². The molecule has 10 heteroatoms. The Morgan fingerprint density at radius 2 is 1.43 bits per heavy atom. The van der Waals surface area contributed by atoms with E-state index in [-0.39, 0.29) is 11.6 Å². The zero-order chi connectivity index (χ0) is 33.2. The van der Waals surface area contributed by atoms with Crippen molar-refractivity contribution in [3.63, 3.8) is 0 Å². The fourth-order valence-electron chi connectivity index (χ4n) is 4.53. The molecule has 0 radical (unpaired) electrons. The van der Waals surface area contributed by atoms with E-state index in [4.69, 9.17) is 27.9 Å². The molecule has 0 saturated heterocycles. The van der Waals surface area contributed by atoms with Gasteiger partial charge < -0.3 is 20.7 Å². The maximum absolute atomic E-state index is 13.7. The Balaban J connectivity index is 1.38. The molecule has 47 heavy (non-hydrogen) atoms. The standard InChI is InChI=1S/C37H29Cl2N3O4S/c1-46-33-20-19-28(39)22-31(33)41-37(45)34(25-9-4-2-5-10-25)47-30-14-8-13-29(23-30)40-36(44)32(21-24-15-17-27(38)18-16-24)42-35(43)26-11-6-3-7-12-26/h2-23,34H,1H3,(H,40,44)(H,41,45)(H,42,43)/b32-21+. The number of thioether (sulfide) groups is 1. The van der Waals surface area contributed by atoms with Crippen molar-refractivity contribution in [3.8, 4) is 5.75 Å². The number of amides is 3. The first kappa shape index (κ1) is 33.3. The second-order valence-corrected chi connectivity index (χ2v) is 12.2. The lowest BCUT2D eigenvalue weighted by Crippen LogP contribution is -2.30. The molecular weight excluding hydrogens is 653 g/mol. The van der Waals surface area contributed by atoms with Crippen LogP contribution in [0.15, 0.2) is 138 Å². The molecular formula is C37H29Cl2N3O4S. The summed E-state index contributed by atoms with van der Waals surface area (Å²) >= 11 is 13.6. The lowest BCUT2D eigenvalue weighted by Gasteiger charge is -2.19. The van der Waals surface area contributed by atoms with Gasteiger partial charge in [-0.25, -0.2) is 0 Å². The van der Waals surface area contributed by atoms with E-state index in [0.29, 0.717) is 38.3 Å². The van der Waals surface area contributed by atoms with Gasteiger partial charge in [0.2, 0.25) is 5.91 Å². The molecule has 0 bridgehead atoms. The minimum absolute atomic E-state index is 0.0382. The Kier molecular flexibility index (Phi) is 11.4. The first-order chi connectivity index (χ1) is 22.8. The van der Waals surface area contributed by atoms with Gasteiger partial charge in [-0.15, -0.1) is 11.8 Å². The number of carbonyl (C=O) groups excluding carboxylic acids is 3. The molecule has 0 spiro atoms. The average molecular weight is 683 g/mol. The van der Waals surface area contributed by atoms with Crippen molar-refractivity contribution in [1.82, 2.24) is 5.32 Å². The monoisotopic (exact) mass is 681 g/mol. The lowest BCUT2D eigenvalue weighted by molar-refractivity contribution is -0.116. The van der Waals surface area contributed by atoms with E-state index >= 15 is 0 Å². The van der Waals surface area contributed by atoms with E-state index < -0.39 is 17.1 Å². The van der Waals surface area contributed by atoms with Crippen molar-refractivity contribution in [2.45, 2.75) is 10.1 Å². The van der Waals surface area contributed by atoms with Gasteiger partial charge in [0.15, 0.2) is 0 Å². The largest absolute Gasteiger partial charge is 0.495 e. The molecule has 5 rings (SSSR count). The van der Waals surface area contributed by atoms with Crippen LogP contribution in [0.3, 0.4) is 0 Å². The molecule has 7 nitrogen and oxygen atoms in total. The van der Waals surface area contributed by atoms with Crippen LogP contribution in [0.2, 0.25) is 10.0 Å². The molecule has 1 unspecified atom stereocenters. The molecule has 0 aliphatic carbocycles. The van der Waals surface area contributed by atoms with Gasteiger partial charge in [-0.1, -0.05) is 89.9 Å². The Bertz CT molecular complexity index is 1900. The highest BCUT2D eigenvalue weighted by molar-refractivity contribution is 8.00. The third-order valence-corrected chi connectivity index (χ3v) is 8.55. The topological polar surface area (TPSA) is 96.5 Å². The summed E-state index contributed by atoms with van der Waals surface area (Å²) in [5.41, 5.74) is 2.81. The average Bonchev–Trinajstić information content (AvgIpc) is 3.09. The smallest absolute Gasteiger partial charge is 0.272 e. The Morgan fingerprint density at radius 1 is 0.745 bits per heavy atom. The number of halogens is 2. The molecule has 3 amide bonds. The number of benzene rings is 5. The molecule has 0 saturated carbocycles. The van der Waals surface area contributed by atoms with Crippen LogP contribution in [0, 0.1) is 0 Å². The summed E-state index contributed by atoms with van der Waals surface area (Å²) in [4.78, 5) is 41.0. The normalized spacial score (nSPS) is 11.7. The van der Waals surface area contributed by atoms with Crippen LogP contribution < -0.4 is 20.7 Å². The van der Waals surface area contributed by atoms with Crippen LogP contribution in [-0.2, 0) is 9.59 Å². The SMILES string of the molecule is COc1ccc(Cl)cc1NC(=O)C(Sc1cccc(NC(=O)/C(=C\c2ccc(Cl)cc2)NC(=O)c2ccccc2)c1)c1ccccc1. The maximum atomic E-state index is 13.7. The summed E-state index contributed by atoms with van der Waals surface area (Å²) < 4.78 is 5.41. The van der Waals surface area contributed by atoms with E-state index in [1.54, 1.807) is 97.1 Å². The highest BCUT2D eigenvalue weighted by Crippen LogP contribution is 2.38. The molecule has 5 aromatic rings. The Labute approximate surface area is 287 Å². The van der Waals surface area contributed by atoms with Crippen molar-refractivity contribution >= 4 is 70.1 Å². The van der Waals surface area contributed by atoms with E-state index in [0.717, 1.165) is 10.5 Å². The number of rotatable bonds is 11. The fourth-order valence-corrected chi connectivity index (χ4v) is 5.91. The first-order valence-electron chi connectivity index (χ1n) is 14.4. The van der Waals surface area contributed by atoms with Gasteiger partial charge in [0, 0.05) is 26.2 Å². The number of carbonyl (C=O) groups is 3. The first-order valence-corrected chi connectivity index (χ1v) is 16.0. The predicted octanol–water partition coefficient (Wildman–Crippen LogP) is 8.88. The van der Waals surface area contributed by atoms with E-state index in [2.05, 4.69) is 16.0 Å². The Morgan fingerprint density at radius 3 is 2.13 bits per heavy atom. The Hall–Kier alpha value is -5.02. The van der Waals surface area contributed by atoms with Crippen molar-refractivity contribution < 1.29 is 19.1 Å². The van der Waals surface area contributed by atoms with Crippen molar-refractivity contribution in [1.29, 1.82) is 0 Å². The molecule has 1 atom stereocenters. The van der Waals surface area contributed by atoms with Crippen LogP contribution in [0.25, 0.3) is 6.08 Å². The van der Waals surface area contributed by atoms with Crippen LogP contribution >= 0.6 is 35.0 Å². The van der Waals surface area contributed by atoms with Gasteiger partial charge in [0.25, 0.3) is 11.8 Å². The second kappa shape index (κ2) is 16.0. The van der Waals surface area contributed by atoms with Crippen molar-refractivity contribution in [2.75, 3.05) is 17.7 Å². The van der Waals surface area contributed by atoms with Gasteiger partial charge in [-0.05, 0) is 77.9 Å². The third-order valence-electron chi connectivity index (χ3n) is 6.82. The fraction of sp³-hybridized carbons (Fsp3) is 0.0541. The highest BCUT2D eigenvalue weighted by atomic mass is 35.5. The van der Waals surface area contributed by atoms with Crippen molar-refractivity contribution in [3.05, 3.63) is 160 Å². The number of hydrogen-bond donors (Lipinski definition) is 3. The molecule has 0 fully saturated rings. The minimum Gasteiger partial charge on any atom is -0.495 e. The third kappa shape index (κ3) is 9.26. The van der Waals surface area contributed by atoms with Gasteiger partial charge in [0.05, 0.1) is 12.8 Å². The molecule has 5 aromatic carbocycles. The quantitative estimate of drug-likeness (QED) is 0.0956. The number of methoxy groups -OCH3 is 1. The maximum Gasteiger partial charge on any atom is 0.272 e. The number of hydrogen-bond acceptors (Lipinski definition) is 5. The molecule has 0 heterocycles. The molecule has 0 aromatic heterocycles. The molecule has 3 N–H and O–H groups in total. The van der Waals surface area contributed by atoms with Crippen LogP contribution in [-0.4, -0.2) is 24.8 Å². The van der Waals surface area contributed by atoms with Crippen molar-refractivity contribution in [2.24, 2.45) is 0 Å². The highest BCUT2D eigenvalue weighted by Gasteiger charge is 2.24. The van der Waals surface area contributed by atoms with Gasteiger partial charge in [-0.3, -0.25) is 14.4 Å². The predicted molar refractivity (Wildman–Crippen MR) is 190 cm³/mol. The minimum atomic E-state index is -0.656. The van der Waals surface area contributed by atoms with Gasteiger partial charge in [-0.2, -0.15) is 0 Å². The van der Waals surface area contributed by atoms with E-state index in [9.17, 15) is 14.4 Å².